The average Bonchev–Trinajstić information content (AvgIpc) is 2.83. The smallest absolute Gasteiger partial charge is 0.349 e. The molecule has 3 aromatic rings. The topological polar surface area (TPSA) is 119 Å². The summed E-state index contributed by atoms with van der Waals surface area (Å²) >= 11 is 11.6. The number of esters is 2. The van der Waals surface area contributed by atoms with Gasteiger partial charge in [0.25, 0.3) is 5.91 Å². The monoisotopic (exact) mass is 519 g/mol. The number of anilines is 1. The molecule has 3 rings (SSSR count). The summed E-state index contributed by atoms with van der Waals surface area (Å²) in [5, 5.41) is 12.7. The van der Waals surface area contributed by atoms with E-state index < -0.39 is 41.8 Å². The fraction of sp³-hybridized carbons (Fsp3) is 0.0833. The largest absolute Gasteiger partial charge is 0.478 e. The Balaban J connectivity index is 1.90. The Morgan fingerprint density at radius 1 is 0.714 bits per heavy atom. The summed E-state index contributed by atoms with van der Waals surface area (Å²) in [6, 6.07) is 15.3. The van der Waals surface area contributed by atoms with Crippen LogP contribution in [-0.2, 0) is 19.1 Å². The van der Waals surface area contributed by atoms with E-state index in [0.29, 0.717) is 10.0 Å². The number of carbonyl (C=O) groups is 4. The molecule has 35 heavy (non-hydrogen) atoms. The highest BCUT2D eigenvalue weighted by atomic mass is 35.5. The van der Waals surface area contributed by atoms with Crippen LogP contribution in [0.15, 0.2) is 72.8 Å². The highest BCUT2D eigenvalue weighted by Gasteiger charge is 2.41. The van der Waals surface area contributed by atoms with Crippen molar-refractivity contribution in [2.75, 3.05) is 5.32 Å². The van der Waals surface area contributed by atoms with E-state index in [9.17, 15) is 28.7 Å². The molecule has 0 bridgehead atoms. The van der Waals surface area contributed by atoms with Crippen LogP contribution in [0.3, 0.4) is 0 Å². The first-order valence-electron chi connectivity index (χ1n) is 9.86. The maximum Gasteiger partial charge on any atom is 0.349 e. The van der Waals surface area contributed by atoms with Crippen molar-refractivity contribution in [2.24, 2.45) is 0 Å². The Bertz CT molecular complexity index is 1230. The molecule has 0 unspecified atom stereocenters. The van der Waals surface area contributed by atoms with Gasteiger partial charge < -0.3 is 19.9 Å². The first kappa shape index (κ1) is 25.7. The van der Waals surface area contributed by atoms with Crippen LogP contribution in [-0.4, -0.2) is 41.1 Å². The summed E-state index contributed by atoms with van der Waals surface area (Å²) in [7, 11) is 0. The van der Waals surface area contributed by atoms with Gasteiger partial charge in [0.15, 0.2) is 0 Å². The van der Waals surface area contributed by atoms with E-state index in [1.54, 1.807) is 0 Å². The second-order valence-corrected chi connectivity index (χ2v) is 7.87. The van der Waals surface area contributed by atoms with E-state index in [1.807, 2.05) is 0 Å². The summed E-state index contributed by atoms with van der Waals surface area (Å²) in [4.78, 5) is 50.1. The van der Waals surface area contributed by atoms with E-state index >= 15 is 0 Å². The number of amides is 1. The van der Waals surface area contributed by atoms with Gasteiger partial charge >= 0.3 is 17.9 Å². The highest BCUT2D eigenvalue weighted by Crippen LogP contribution is 2.18. The predicted octanol–water partition coefficient (Wildman–Crippen LogP) is 4.61. The van der Waals surface area contributed by atoms with Gasteiger partial charge in [-0.1, -0.05) is 23.2 Å². The number of aliphatic carboxylic acids is 1. The second kappa shape index (κ2) is 11.5. The van der Waals surface area contributed by atoms with Gasteiger partial charge in [-0.3, -0.25) is 4.79 Å². The van der Waals surface area contributed by atoms with Gasteiger partial charge in [0.05, 0.1) is 11.1 Å². The molecule has 0 saturated heterocycles. The molecular weight excluding hydrogens is 504 g/mol. The number of hydrogen-bond donors (Lipinski definition) is 2. The van der Waals surface area contributed by atoms with Gasteiger partial charge in [0, 0.05) is 15.7 Å². The lowest BCUT2D eigenvalue weighted by molar-refractivity contribution is -0.157. The Morgan fingerprint density at radius 3 is 1.57 bits per heavy atom. The zero-order valence-corrected chi connectivity index (χ0v) is 19.1. The maximum atomic E-state index is 13.2. The molecule has 1 amide bonds. The van der Waals surface area contributed by atoms with Crippen molar-refractivity contribution in [3.05, 3.63) is 99.8 Å². The van der Waals surface area contributed by atoms with E-state index in [0.717, 1.165) is 12.1 Å². The molecule has 0 fully saturated rings. The van der Waals surface area contributed by atoms with Crippen LogP contribution in [0.25, 0.3) is 0 Å². The molecule has 0 saturated carbocycles. The highest BCUT2D eigenvalue weighted by molar-refractivity contribution is 6.31. The summed E-state index contributed by atoms with van der Waals surface area (Å²) in [5.41, 5.74) is -0.0124. The van der Waals surface area contributed by atoms with Crippen LogP contribution in [0.2, 0.25) is 10.0 Å². The molecule has 11 heteroatoms. The zero-order chi connectivity index (χ0) is 25.5. The van der Waals surface area contributed by atoms with Crippen molar-refractivity contribution in [3.63, 3.8) is 0 Å². The number of benzene rings is 3. The van der Waals surface area contributed by atoms with Gasteiger partial charge in [0.1, 0.15) is 5.82 Å². The minimum absolute atomic E-state index is 0.0397. The van der Waals surface area contributed by atoms with Crippen molar-refractivity contribution in [1.29, 1.82) is 0 Å². The second-order valence-electron chi connectivity index (χ2n) is 7.00. The number of carboxylic acids is 1. The molecule has 180 valence electrons. The SMILES string of the molecule is O=C(O[C@@H](C(=O)O)[C@@H](OC(=O)c1ccc(Cl)cc1)C(=O)Nc1ccc(F)cc1)c1ccc(Cl)cc1. The minimum Gasteiger partial charge on any atom is -0.478 e. The number of carbonyl (C=O) groups excluding carboxylic acids is 3. The number of carboxylic acid groups (broad SMARTS) is 1. The lowest BCUT2D eigenvalue weighted by Gasteiger charge is -2.23. The average molecular weight is 520 g/mol. The van der Waals surface area contributed by atoms with Crippen molar-refractivity contribution in [1.82, 2.24) is 0 Å². The van der Waals surface area contributed by atoms with Crippen LogP contribution < -0.4 is 5.32 Å². The van der Waals surface area contributed by atoms with Gasteiger partial charge in [0.2, 0.25) is 12.2 Å². The molecule has 0 aliphatic rings. The molecule has 0 spiro atoms. The standard InChI is InChI=1S/C24H16Cl2FNO7/c25-15-5-1-13(2-6-15)23(32)34-19(21(29)28-18-11-9-17(27)10-12-18)20(22(30)31)35-24(33)14-3-7-16(26)8-4-14/h1-12,19-20H,(H,28,29)(H,30,31)/t19-,20-/m1/s1. The first-order valence-corrected chi connectivity index (χ1v) is 10.6. The van der Waals surface area contributed by atoms with Crippen molar-refractivity contribution >= 4 is 52.7 Å². The molecule has 0 aliphatic carbocycles. The lowest BCUT2D eigenvalue weighted by Crippen LogP contribution is -2.48. The molecule has 0 radical (unpaired) electrons. The molecule has 8 nitrogen and oxygen atoms in total. The quantitative estimate of drug-likeness (QED) is 0.417. The molecule has 2 atom stereocenters. The fourth-order valence-electron chi connectivity index (χ4n) is 2.78. The Kier molecular flexibility index (Phi) is 8.40. The van der Waals surface area contributed by atoms with Crippen LogP contribution >= 0.6 is 23.2 Å². The Morgan fingerprint density at radius 2 is 1.14 bits per heavy atom. The number of nitrogens with one attached hydrogen (secondary N) is 1. The molecule has 0 aromatic heterocycles. The van der Waals surface area contributed by atoms with Crippen molar-refractivity contribution in [2.45, 2.75) is 12.2 Å². The van der Waals surface area contributed by atoms with Gasteiger partial charge in [-0.05, 0) is 72.8 Å². The summed E-state index contributed by atoms with van der Waals surface area (Å²) < 4.78 is 23.4. The van der Waals surface area contributed by atoms with Gasteiger partial charge in [-0.25, -0.2) is 18.8 Å². The Labute approximate surface area is 208 Å². The molecular formula is C24H16Cl2FNO7. The van der Waals surface area contributed by atoms with E-state index in [2.05, 4.69) is 5.32 Å². The molecule has 2 N–H and O–H groups in total. The van der Waals surface area contributed by atoms with Crippen molar-refractivity contribution < 1.29 is 38.1 Å². The number of hydrogen-bond acceptors (Lipinski definition) is 6. The summed E-state index contributed by atoms with van der Waals surface area (Å²) in [6.07, 6.45) is -4.34. The third kappa shape index (κ3) is 7.02. The number of halogens is 3. The lowest BCUT2D eigenvalue weighted by atomic mass is 10.1. The Hall–Kier alpha value is -3.95. The summed E-state index contributed by atoms with van der Waals surface area (Å²) in [6.45, 7) is 0. The maximum absolute atomic E-state index is 13.2. The number of rotatable bonds is 8. The van der Waals surface area contributed by atoms with E-state index in [-0.39, 0.29) is 16.8 Å². The van der Waals surface area contributed by atoms with Crippen molar-refractivity contribution in [3.8, 4) is 0 Å². The molecule has 0 aliphatic heterocycles. The first-order chi connectivity index (χ1) is 16.6. The van der Waals surface area contributed by atoms with Gasteiger partial charge in [-0.2, -0.15) is 0 Å². The number of ether oxygens (including phenoxy) is 2. The van der Waals surface area contributed by atoms with Crippen LogP contribution in [0.5, 0.6) is 0 Å². The third-order valence-electron chi connectivity index (χ3n) is 4.52. The summed E-state index contributed by atoms with van der Waals surface area (Å²) in [5.74, 6) is -5.63. The van der Waals surface area contributed by atoms with Crippen LogP contribution in [0.4, 0.5) is 10.1 Å². The third-order valence-corrected chi connectivity index (χ3v) is 5.02. The van der Waals surface area contributed by atoms with E-state index in [4.69, 9.17) is 32.7 Å². The molecule has 0 heterocycles. The van der Waals surface area contributed by atoms with Gasteiger partial charge in [-0.15, -0.1) is 0 Å². The zero-order valence-electron chi connectivity index (χ0n) is 17.6. The normalized spacial score (nSPS) is 12.2. The van der Waals surface area contributed by atoms with Crippen LogP contribution in [0.1, 0.15) is 20.7 Å². The van der Waals surface area contributed by atoms with Crippen LogP contribution in [0, 0.1) is 5.82 Å². The molecule has 3 aromatic carbocycles. The minimum atomic E-state index is -2.23. The fourth-order valence-corrected chi connectivity index (χ4v) is 3.03. The van der Waals surface area contributed by atoms with E-state index in [1.165, 1.54) is 60.7 Å². The predicted molar refractivity (Wildman–Crippen MR) is 124 cm³/mol.